The molecule has 1 aromatic rings. The number of carbonyl (C=O) groups is 1. The van der Waals surface area contributed by atoms with Crippen molar-refractivity contribution in [1.29, 1.82) is 0 Å². The molecule has 1 rings (SSSR count). The van der Waals surface area contributed by atoms with Crippen LogP contribution in [0.15, 0.2) is 18.2 Å². The van der Waals surface area contributed by atoms with E-state index in [-0.39, 0.29) is 5.56 Å². The first kappa shape index (κ1) is 14.5. The fraction of sp³-hybridized carbons (Fsp3) is 0.417. The highest BCUT2D eigenvalue weighted by Crippen LogP contribution is 2.22. The second-order valence-electron chi connectivity index (χ2n) is 3.97. The van der Waals surface area contributed by atoms with Crippen LogP contribution >= 0.6 is 0 Å². The molecule has 0 aliphatic heterocycles. The zero-order chi connectivity index (χ0) is 13.9. The minimum absolute atomic E-state index is 0.0195. The van der Waals surface area contributed by atoms with Gasteiger partial charge in [-0.2, -0.15) is 0 Å². The van der Waals surface area contributed by atoms with E-state index in [2.05, 4.69) is 0 Å². The number of aliphatic hydroxyl groups is 1. The quantitative estimate of drug-likeness (QED) is 0.848. The number of aliphatic hydroxyl groups excluding tert-OH is 1. The zero-order valence-corrected chi connectivity index (χ0v) is 9.93. The highest BCUT2D eigenvalue weighted by Gasteiger charge is 2.25. The summed E-state index contributed by atoms with van der Waals surface area (Å²) in [5.41, 5.74) is -0.0195. The summed E-state index contributed by atoms with van der Waals surface area (Å²) >= 11 is 0. The number of halogens is 2. The minimum atomic E-state index is -1.45. The van der Waals surface area contributed by atoms with Crippen LogP contribution in [-0.4, -0.2) is 28.4 Å². The number of benzene rings is 1. The Bertz CT molecular complexity index is 434. The molecule has 6 heteroatoms. The predicted octanol–water partition coefficient (Wildman–Crippen LogP) is 1.88. The lowest BCUT2D eigenvalue weighted by Crippen LogP contribution is -2.28. The number of hydrogen-bond acceptors (Lipinski definition) is 3. The Balaban J connectivity index is 2.97. The monoisotopic (exact) mass is 260 g/mol. The third kappa shape index (κ3) is 3.48. The van der Waals surface area contributed by atoms with E-state index >= 15 is 0 Å². The van der Waals surface area contributed by atoms with Gasteiger partial charge in [0.15, 0.2) is 17.7 Å². The van der Waals surface area contributed by atoms with Gasteiger partial charge >= 0.3 is 5.97 Å². The van der Waals surface area contributed by atoms with E-state index in [0.29, 0.717) is 0 Å². The molecule has 0 saturated heterocycles. The number of aliphatic carboxylic acids is 1. The van der Waals surface area contributed by atoms with Crippen molar-refractivity contribution in [3.8, 4) is 0 Å². The van der Waals surface area contributed by atoms with E-state index in [1.807, 2.05) is 0 Å². The van der Waals surface area contributed by atoms with Crippen LogP contribution in [0.3, 0.4) is 0 Å². The van der Waals surface area contributed by atoms with Gasteiger partial charge in [0.25, 0.3) is 0 Å². The van der Waals surface area contributed by atoms with Crippen molar-refractivity contribution < 1.29 is 28.5 Å². The number of carboxylic acids is 1. The van der Waals surface area contributed by atoms with Gasteiger partial charge in [0.2, 0.25) is 0 Å². The average Bonchev–Trinajstić information content (AvgIpc) is 2.29. The molecule has 2 N–H and O–H groups in total. The molecule has 0 fully saturated rings. The summed E-state index contributed by atoms with van der Waals surface area (Å²) in [6.07, 6.45) is -3.08. The van der Waals surface area contributed by atoms with Gasteiger partial charge in [-0.25, -0.2) is 13.6 Å². The minimum Gasteiger partial charge on any atom is -0.479 e. The van der Waals surface area contributed by atoms with Crippen molar-refractivity contribution in [2.45, 2.75) is 32.2 Å². The van der Waals surface area contributed by atoms with Crippen LogP contribution in [0.2, 0.25) is 0 Å². The van der Waals surface area contributed by atoms with Crippen molar-refractivity contribution in [3.63, 3.8) is 0 Å². The van der Waals surface area contributed by atoms with Crippen molar-refractivity contribution in [2.24, 2.45) is 0 Å². The summed E-state index contributed by atoms with van der Waals surface area (Å²) < 4.78 is 30.9. The Morgan fingerprint density at radius 3 is 2.33 bits per heavy atom. The van der Waals surface area contributed by atoms with Crippen molar-refractivity contribution in [3.05, 3.63) is 35.4 Å². The number of carboxylic acid groups (broad SMARTS) is 1. The van der Waals surface area contributed by atoms with Gasteiger partial charge in [0.1, 0.15) is 0 Å². The Kier molecular flexibility index (Phi) is 4.75. The van der Waals surface area contributed by atoms with Gasteiger partial charge in [-0.05, 0) is 31.5 Å². The molecule has 3 unspecified atom stereocenters. The molecule has 100 valence electrons. The molecular weight excluding hydrogens is 246 g/mol. The largest absolute Gasteiger partial charge is 0.479 e. The fourth-order valence-corrected chi connectivity index (χ4v) is 1.28. The smallest absolute Gasteiger partial charge is 0.337 e. The van der Waals surface area contributed by atoms with Crippen LogP contribution in [0.25, 0.3) is 0 Å². The number of rotatable bonds is 5. The molecule has 1 aromatic carbocycles. The Labute approximate surface area is 103 Å². The SMILES string of the molecule is CC(O)C(C)OC(C(=O)O)c1ccc(F)c(F)c1. The van der Waals surface area contributed by atoms with Crippen LogP contribution < -0.4 is 0 Å². The van der Waals surface area contributed by atoms with E-state index in [1.54, 1.807) is 0 Å². The van der Waals surface area contributed by atoms with Crippen LogP contribution in [0, 0.1) is 11.6 Å². The molecule has 3 atom stereocenters. The van der Waals surface area contributed by atoms with Crippen molar-refractivity contribution in [1.82, 2.24) is 0 Å². The summed E-state index contributed by atoms with van der Waals surface area (Å²) in [6.45, 7) is 2.93. The molecule has 0 aliphatic carbocycles. The molecule has 0 radical (unpaired) electrons. The van der Waals surface area contributed by atoms with Gasteiger partial charge in [0, 0.05) is 0 Å². The average molecular weight is 260 g/mol. The number of ether oxygens (including phenoxy) is 1. The van der Waals surface area contributed by atoms with Crippen LogP contribution in [-0.2, 0) is 9.53 Å². The first-order valence-electron chi connectivity index (χ1n) is 5.34. The molecule has 0 spiro atoms. The first-order valence-corrected chi connectivity index (χ1v) is 5.34. The molecule has 0 amide bonds. The Morgan fingerprint density at radius 1 is 1.28 bits per heavy atom. The van der Waals surface area contributed by atoms with Gasteiger partial charge in [-0.3, -0.25) is 0 Å². The zero-order valence-electron chi connectivity index (χ0n) is 9.93. The lowest BCUT2D eigenvalue weighted by molar-refractivity contribution is -0.158. The third-order valence-corrected chi connectivity index (χ3v) is 2.50. The highest BCUT2D eigenvalue weighted by molar-refractivity contribution is 5.74. The summed E-state index contributed by atoms with van der Waals surface area (Å²) in [6, 6.07) is 2.73. The topological polar surface area (TPSA) is 66.8 Å². The molecule has 0 aliphatic rings. The summed E-state index contributed by atoms with van der Waals surface area (Å²) in [5.74, 6) is -3.55. The maximum absolute atomic E-state index is 13.0. The molecule has 0 heterocycles. The molecule has 0 aromatic heterocycles. The number of hydrogen-bond donors (Lipinski definition) is 2. The Morgan fingerprint density at radius 2 is 1.89 bits per heavy atom. The molecule has 0 saturated carbocycles. The van der Waals surface area contributed by atoms with E-state index in [0.717, 1.165) is 18.2 Å². The fourth-order valence-electron chi connectivity index (χ4n) is 1.28. The van der Waals surface area contributed by atoms with E-state index < -0.39 is 35.9 Å². The summed E-state index contributed by atoms with van der Waals surface area (Å²) in [7, 11) is 0. The maximum atomic E-state index is 13.0. The second kappa shape index (κ2) is 5.88. The lowest BCUT2D eigenvalue weighted by Gasteiger charge is -2.21. The third-order valence-electron chi connectivity index (χ3n) is 2.50. The van der Waals surface area contributed by atoms with Crippen LogP contribution in [0.5, 0.6) is 0 Å². The van der Waals surface area contributed by atoms with E-state index in [1.165, 1.54) is 13.8 Å². The lowest BCUT2D eigenvalue weighted by atomic mass is 10.1. The highest BCUT2D eigenvalue weighted by atomic mass is 19.2. The van der Waals surface area contributed by atoms with Crippen LogP contribution in [0.1, 0.15) is 25.5 Å². The van der Waals surface area contributed by atoms with Crippen molar-refractivity contribution >= 4 is 5.97 Å². The molecule has 4 nitrogen and oxygen atoms in total. The standard InChI is InChI=1S/C12H14F2O4/c1-6(15)7(2)18-11(12(16)17)8-3-4-9(13)10(14)5-8/h3-7,11,15H,1-2H3,(H,16,17). The van der Waals surface area contributed by atoms with E-state index in [4.69, 9.17) is 9.84 Å². The van der Waals surface area contributed by atoms with Gasteiger partial charge < -0.3 is 14.9 Å². The van der Waals surface area contributed by atoms with Crippen molar-refractivity contribution in [2.75, 3.05) is 0 Å². The van der Waals surface area contributed by atoms with Gasteiger partial charge in [0.05, 0.1) is 12.2 Å². The predicted molar refractivity (Wildman–Crippen MR) is 59.0 cm³/mol. The first-order chi connectivity index (χ1) is 8.32. The summed E-state index contributed by atoms with van der Waals surface area (Å²) in [4.78, 5) is 11.0. The normalized spacial score (nSPS) is 16.1. The molecular formula is C12H14F2O4. The summed E-state index contributed by atoms with van der Waals surface area (Å²) in [5, 5.41) is 18.2. The molecule has 18 heavy (non-hydrogen) atoms. The van der Waals surface area contributed by atoms with Gasteiger partial charge in [-0.1, -0.05) is 6.07 Å². The van der Waals surface area contributed by atoms with Gasteiger partial charge in [-0.15, -0.1) is 0 Å². The van der Waals surface area contributed by atoms with Crippen LogP contribution in [0.4, 0.5) is 8.78 Å². The maximum Gasteiger partial charge on any atom is 0.337 e. The van der Waals surface area contributed by atoms with E-state index in [9.17, 15) is 18.7 Å². The second-order valence-corrected chi connectivity index (χ2v) is 3.97. The Hall–Kier alpha value is -1.53. The molecule has 0 bridgehead atoms.